The molecule has 4 rings (SSSR count). The van der Waals surface area contributed by atoms with Crippen molar-refractivity contribution in [2.24, 2.45) is 5.14 Å². The summed E-state index contributed by atoms with van der Waals surface area (Å²) in [5.41, 5.74) is 4.93. The van der Waals surface area contributed by atoms with Gasteiger partial charge in [0.05, 0.1) is 17.1 Å². The van der Waals surface area contributed by atoms with Crippen molar-refractivity contribution >= 4 is 11.0 Å². The highest BCUT2D eigenvalue weighted by Crippen LogP contribution is 2.28. The first-order chi connectivity index (χ1) is 12.7. The fourth-order valence-electron chi connectivity index (χ4n) is 2.88. The molecule has 1 aromatic heterocycles. The van der Waals surface area contributed by atoms with E-state index >= 15 is 0 Å². The molecule has 1 heterocycles. The quantitative estimate of drug-likeness (QED) is 0.439. The molecule has 1 unspecified atom stereocenters. The van der Waals surface area contributed by atoms with E-state index in [1.54, 1.807) is 12.1 Å². The molecule has 1 atom stereocenters. The minimum absolute atomic E-state index is 0.625. The second-order valence-electron chi connectivity index (χ2n) is 5.90. The van der Waals surface area contributed by atoms with Gasteiger partial charge >= 0.3 is 0 Å². The van der Waals surface area contributed by atoms with Crippen LogP contribution < -0.4 is 5.14 Å². The van der Waals surface area contributed by atoms with Crippen LogP contribution in [-0.2, 0) is 15.2 Å². The molecule has 0 amide bonds. The third-order valence-electron chi connectivity index (χ3n) is 4.20. The van der Waals surface area contributed by atoms with Crippen LogP contribution in [-0.4, -0.2) is 9.78 Å². The Labute approximate surface area is 154 Å². The minimum atomic E-state index is -1.84. The van der Waals surface area contributed by atoms with Gasteiger partial charge in [0.1, 0.15) is 0 Å². The van der Waals surface area contributed by atoms with E-state index in [0.29, 0.717) is 4.90 Å². The second-order valence-corrected chi connectivity index (χ2v) is 7.07. The summed E-state index contributed by atoms with van der Waals surface area (Å²) in [5.74, 6) is 0. The minimum Gasteiger partial charge on any atom is -0.232 e. The zero-order valence-corrected chi connectivity index (χ0v) is 14.9. The highest BCUT2D eigenvalue weighted by atomic mass is 32.2. The van der Waals surface area contributed by atoms with E-state index < -0.39 is 11.0 Å². The number of benzene rings is 3. The average molecular weight is 360 g/mol. The molecule has 4 nitrogen and oxygen atoms in total. The molecule has 0 saturated carbocycles. The van der Waals surface area contributed by atoms with Gasteiger partial charge in [0.15, 0.2) is 15.9 Å². The molecule has 0 aliphatic carbocycles. The van der Waals surface area contributed by atoms with E-state index in [4.69, 9.17) is 10.2 Å². The third kappa shape index (κ3) is 3.22. The molecule has 4 aromatic rings. The maximum Gasteiger partial charge on any atom is 0.174 e. The molecular formula is C21H18N3OS+. The molecule has 2 N–H and O–H groups in total. The van der Waals surface area contributed by atoms with Gasteiger partial charge in [-0.1, -0.05) is 64.9 Å². The van der Waals surface area contributed by atoms with Crippen LogP contribution in [0.3, 0.4) is 0 Å². The summed E-state index contributed by atoms with van der Waals surface area (Å²) in [6, 6.07) is 29.7. The van der Waals surface area contributed by atoms with Gasteiger partial charge in [-0.2, -0.15) is 5.10 Å². The molecule has 0 saturated heterocycles. The van der Waals surface area contributed by atoms with E-state index in [0.717, 1.165) is 28.2 Å². The van der Waals surface area contributed by atoms with Crippen molar-refractivity contribution < 1.29 is 4.21 Å². The summed E-state index contributed by atoms with van der Waals surface area (Å²) in [6.45, 7) is 0. The SMILES string of the molecule is N[SH+](=O)c1ccc(-n2nc(-c3ccccc3)cc2-c2ccccc2)cc1. The van der Waals surface area contributed by atoms with Gasteiger partial charge < -0.3 is 0 Å². The predicted molar refractivity (Wildman–Crippen MR) is 106 cm³/mol. The lowest BCUT2D eigenvalue weighted by molar-refractivity contribution is 0.596. The molecule has 5 heteroatoms. The van der Waals surface area contributed by atoms with Crippen molar-refractivity contribution in [3.63, 3.8) is 0 Å². The summed E-state index contributed by atoms with van der Waals surface area (Å²) in [7, 11) is -1.84. The summed E-state index contributed by atoms with van der Waals surface area (Å²) >= 11 is 0. The topological polar surface area (TPSA) is 60.9 Å². The number of hydrogen-bond acceptors (Lipinski definition) is 2. The van der Waals surface area contributed by atoms with Gasteiger partial charge in [-0.05, 0) is 30.3 Å². The lowest BCUT2D eigenvalue weighted by atomic mass is 10.1. The van der Waals surface area contributed by atoms with Crippen molar-refractivity contribution in [3.05, 3.63) is 91.0 Å². The van der Waals surface area contributed by atoms with Gasteiger partial charge in [-0.3, -0.25) is 0 Å². The lowest BCUT2D eigenvalue weighted by Crippen LogP contribution is -2.03. The molecule has 0 aliphatic rings. The Kier molecular flexibility index (Phi) is 4.48. The fraction of sp³-hybridized carbons (Fsp3) is 0. The number of nitrogens with zero attached hydrogens (tertiary/aromatic N) is 2. The zero-order chi connectivity index (χ0) is 17.9. The Morgan fingerprint density at radius 3 is 1.92 bits per heavy atom. The molecule has 0 fully saturated rings. The first-order valence-electron chi connectivity index (χ1n) is 8.26. The van der Waals surface area contributed by atoms with Gasteiger partial charge in [0, 0.05) is 11.1 Å². The van der Waals surface area contributed by atoms with Gasteiger partial charge in [0.2, 0.25) is 0 Å². The molecule has 3 aromatic carbocycles. The highest BCUT2D eigenvalue weighted by Gasteiger charge is 2.14. The number of aromatic nitrogens is 2. The van der Waals surface area contributed by atoms with Gasteiger partial charge in [-0.15, -0.1) is 5.14 Å². The Bertz CT molecular complexity index is 1040. The monoisotopic (exact) mass is 360 g/mol. The molecule has 26 heavy (non-hydrogen) atoms. The molecule has 0 aliphatic heterocycles. The van der Waals surface area contributed by atoms with Crippen LogP contribution in [0.2, 0.25) is 0 Å². The Morgan fingerprint density at radius 1 is 0.769 bits per heavy atom. The van der Waals surface area contributed by atoms with Crippen LogP contribution >= 0.6 is 0 Å². The number of hydrogen-bond donors (Lipinski definition) is 1. The van der Waals surface area contributed by atoms with E-state index in [1.807, 2.05) is 65.3 Å². The van der Waals surface area contributed by atoms with Crippen molar-refractivity contribution in [3.8, 4) is 28.2 Å². The Morgan fingerprint density at radius 2 is 1.35 bits per heavy atom. The van der Waals surface area contributed by atoms with E-state index in [1.165, 1.54) is 0 Å². The normalized spacial score (nSPS) is 12.0. The summed E-state index contributed by atoms with van der Waals surface area (Å²) in [4.78, 5) is 0.625. The van der Waals surface area contributed by atoms with Crippen LogP contribution in [0.15, 0.2) is 95.9 Å². The second kappa shape index (κ2) is 7.07. The summed E-state index contributed by atoms with van der Waals surface area (Å²) in [5, 5.41) is 10.3. The van der Waals surface area contributed by atoms with Crippen molar-refractivity contribution in [2.75, 3.05) is 0 Å². The van der Waals surface area contributed by atoms with Crippen LogP contribution in [0.5, 0.6) is 0 Å². The maximum atomic E-state index is 11.5. The summed E-state index contributed by atoms with van der Waals surface area (Å²) < 4.78 is 13.4. The van der Waals surface area contributed by atoms with E-state index in [-0.39, 0.29) is 0 Å². The number of rotatable bonds is 4. The number of nitrogens with two attached hydrogens (primary N) is 1. The van der Waals surface area contributed by atoms with E-state index in [2.05, 4.69) is 18.2 Å². The van der Waals surface area contributed by atoms with Crippen LogP contribution in [0, 0.1) is 0 Å². The smallest absolute Gasteiger partial charge is 0.174 e. The first-order valence-corrected chi connectivity index (χ1v) is 9.58. The standard InChI is InChI=1S/C21H17N3OS/c22-26(25)19-13-11-18(12-14-19)24-21(17-9-5-2-6-10-17)15-20(23-24)16-7-3-1-4-8-16/h1-15H,(H2,22,25)/p+1. The molecular weight excluding hydrogens is 342 g/mol. The lowest BCUT2D eigenvalue weighted by Gasteiger charge is -2.07. The average Bonchev–Trinajstić information content (AvgIpc) is 3.15. The van der Waals surface area contributed by atoms with E-state index in [9.17, 15) is 4.21 Å². The molecule has 0 bridgehead atoms. The Balaban J connectivity index is 1.87. The summed E-state index contributed by atoms with van der Waals surface area (Å²) in [6.07, 6.45) is 0. The van der Waals surface area contributed by atoms with Gasteiger partial charge in [-0.25, -0.2) is 4.68 Å². The molecule has 0 spiro atoms. The van der Waals surface area contributed by atoms with Crippen molar-refractivity contribution in [1.82, 2.24) is 9.78 Å². The predicted octanol–water partition coefficient (Wildman–Crippen LogP) is 4.14. The van der Waals surface area contributed by atoms with Gasteiger partial charge in [0.25, 0.3) is 0 Å². The Hall–Kier alpha value is -3.02. The molecule has 0 radical (unpaired) electrons. The number of thiol groups is 1. The van der Waals surface area contributed by atoms with Crippen LogP contribution in [0.25, 0.3) is 28.2 Å². The van der Waals surface area contributed by atoms with Crippen molar-refractivity contribution in [1.29, 1.82) is 0 Å². The largest absolute Gasteiger partial charge is 0.232 e. The van der Waals surface area contributed by atoms with Crippen molar-refractivity contribution in [2.45, 2.75) is 4.90 Å². The molecule has 128 valence electrons. The van der Waals surface area contributed by atoms with Crippen LogP contribution in [0.1, 0.15) is 0 Å². The first kappa shape index (κ1) is 16.4. The maximum absolute atomic E-state index is 11.5. The van der Waals surface area contributed by atoms with Crippen LogP contribution in [0.4, 0.5) is 0 Å². The highest BCUT2D eigenvalue weighted by molar-refractivity contribution is 7.82. The third-order valence-corrected chi connectivity index (χ3v) is 5.00. The zero-order valence-electron chi connectivity index (χ0n) is 14.0. The fourth-order valence-corrected chi connectivity index (χ4v) is 3.33.